The minimum Gasteiger partial charge on any atom is -0.406 e. The van der Waals surface area contributed by atoms with Crippen molar-refractivity contribution < 1.29 is 18.4 Å². The summed E-state index contributed by atoms with van der Waals surface area (Å²) >= 11 is 0. The normalized spacial score (nSPS) is 10.5. The van der Waals surface area contributed by atoms with Crippen LogP contribution in [0.1, 0.15) is 21.5 Å². The van der Waals surface area contributed by atoms with E-state index in [1.807, 2.05) is 31.2 Å². The molecule has 0 unspecified atom stereocenters. The molecule has 0 radical (unpaired) electrons. The fraction of sp³-hybridized carbons (Fsp3) is 0.100. The summed E-state index contributed by atoms with van der Waals surface area (Å²) in [6.07, 6.45) is 1.38. The standard InChI is InChI=1S/C20H16F2N2O3/c1-13-5-2-3-6-14(13)12-27-24-10-4-7-16(20(24)26)19(25)23-18-9-8-15(21)11-17(18)22/h2-11H,12H2,1H3,(H,23,25). The van der Waals surface area contributed by atoms with E-state index < -0.39 is 23.1 Å². The molecule has 0 aliphatic rings. The predicted octanol–water partition coefficient (Wildman–Crippen LogP) is 3.32. The first-order chi connectivity index (χ1) is 13.0. The number of benzene rings is 2. The zero-order valence-corrected chi connectivity index (χ0v) is 14.4. The number of nitrogens with one attached hydrogen (secondary N) is 1. The van der Waals surface area contributed by atoms with Crippen molar-refractivity contribution in [2.24, 2.45) is 0 Å². The van der Waals surface area contributed by atoms with Crippen molar-refractivity contribution in [3.63, 3.8) is 0 Å². The van der Waals surface area contributed by atoms with Gasteiger partial charge in [0.25, 0.3) is 11.5 Å². The van der Waals surface area contributed by atoms with Crippen LogP contribution in [0.5, 0.6) is 0 Å². The molecular weight excluding hydrogens is 354 g/mol. The topological polar surface area (TPSA) is 60.3 Å². The Hall–Kier alpha value is -3.48. The summed E-state index contributed by atoms with van der Waals surface area (Å²) in [6, 6.07) is 13.0. The lowest BCUT2D eigenvalue weighted by atomic mass is 10.1. The maximum Gasteiger partial charge on any atom is 0.295 e. The van der Waals surface area contributed by atoms with E-state index in [2.05, 4.69) is 5.32 Å². The molecule has 27 heavy (non-hydrogen) atoms. The first-order valence-electron chi connectivity index (χ1n) is 8.11. The van der Waals surface area contributed by atoms with Gasteiger partial charge in [-0.15, -0.1) is 0 Å². The van der Waals surface area contributed by atoms with Crippen LogP contribution in [0.25, 0.3) is 0 Å². The van der Waals surface area contributed by atoms with Crippen molar-refractivity contribution in [3.05, 3.63) is 99.5 Å². The largest absolute Gasteiger partial charge is 0.406 e. The quantitative estimate of drug-likeness (QED) is 0.750. The molecule has 3 aromatic rings. The molecule has 0 saturated heterocycles. The highest BCUT2D eigenvalue weighted by Gasteiger charge is 2.15. The second-order valence-electron chi connectivity index (χ2n) is 5.83. The van der Waals surface area contributed by atoms with Crippen LogP contribution in [0.4, 0.5) is 14.5 Å². The number of amides is 1. The van der Waals surface area contributed by atoms with E-state index in [9.17, 15) is 18.4 Å². The molecule has 1 N–H and O–H groups in total. The van der Waals surface area contributed by atoms with Gasteiger partial charge < -0.3 is 10.2 Å². The second kappa shape index (κ2) is 7.82. The number of rotatable bonds is 5. The summed E-state index contributed by atoms with van der Waals surface area (Å²) in [4.78, 5) is 30.3. The maximum atomic E-state index is 13.7. The van der Waals surface area contributed by atoms with Gasteiger partial charge in [-0.2, -0.15) is 4.73 Å². The summed E-state index contributed by atoms with van der Waals surface area (Å²) in [5.74, 6) is -2.52. The van der Waals surface area contributed by atoms with Crippen molar-refractivity contribution in [1.29, 1.82) is 0 Å². The Morgan fingerprint density at radius 2 is 1.89 bits per heavy atom. The van der Waals surface area contributed by atoms with Gasteiger partial charge in [0.2, 0.25) is 0 Å². The number of nitrogens with zero attached hydrogens (tertiary/aromatic N) is 1. The zero-order valence-electron chi connectivity index (χ0n) is 14.4. The van der Waals surface area contributed by atoms with Crippen molar-refractivity contribution in [2.45, 2.75) is 13.5 Å². The Morgan fingerprint density at radius 1 is 1.11 bits per heavy atom. The number of aryl methyl sites for hydroxylation is 1. The number of anilines is 1. The smallest absolute Gasteiger partial charge is 0.295 e. The van der Waals surface area contributed by atoms with Crippen LogP contribution in [0, 0.1) is 18.6 Å². The van der Waals surface area contributed by atoms with Gasteiger partial charge in [0, 0.05) is 12.3 Å². The first-order valence-corrected chi connectivity index (χ1v) is 8.11. The summed E-state index contributed by atoms with van der Waals surface area (Å²) in [6.45, 7) is 2.06. The average molecular weight is 370 g/mol. The lowest BCUT2D eigenvalue weighted by Gasteiger charge is -2.11. The molecule has 0 saturated carbocycles. The molecule has 0 bridgehead atoms. The lowest BCUT2D eigenvalue weighted by molar-refractivity contribution is 0.0861. The van der Waals surface area contributed by atoms with E-state index in [0.29, 0.717) is 6.07 Å². The SMILES string of the molecule is Cc1ccccc1COn1cccc(C(=O)Nc2ccc(F)cc2F)c1=O. The van der Waals surface area contributed by atoms with Gasteiger partial charge in [-0.05, 0) is 42.3 Å². The van der Waals surface area contributed by atoms with Crippen molar-refractivity contribution >= 4 is 11.6 Å². The van der Waals surface area contributed by atoms with E-state index in [1.165, 1.54) is 18.3 Å². The number of carbonyl (C=O) groups excluding carboxylic acids is 1. The Bertz CT molecular complexity index is 1050. The highest BCUT2D eigenvalue weighted by Crippen LogP contribution is 2.15. The Balaban J connectivity index is 1.79. The third-order valence-electron chi connectivity index (χ3n) is 3.96. The van der Waals surface area contributed by atoms with Crippen LogP contribution in [0.15, 0.2) is 65.6 Å². The van der Waals surface area contributed by atoms with Crippen LogP contribution in [0.2, 0.25) is 0 Å². The molecular formula is C20H16F2N2O3. The number of halogens is 2. The van der Waals surface area contributed by atoms with E-state index in [0.717, 1.165) is 28.0 Å². The van der Waals surface area contributed by atoms with Gasteiger partial charge in [-0.1, -0.05) is 24.3 Å². The molecule has 0 fully saturated rings. The summed E-state index contributed by atoms with van der Waals surface area (Å²) in [5, 5.41) is 2.26. The number of pyridine rings is 1. The third kappa shape index (κ3) is 4.20. The average Bonchev–Trinajstić information content (AvgIpc) is 2.64. The molecule has 1 heterocycles. The molecule has 1 aromatic heterocycles. The van der Waals surface area contributed by atoms with Crippen LogP contribution >= 0.6 is 0 Å². The second-order valence-corrected chi connectivity index (χ2v) is 5.83. The summed E-state index contributed by atoms with van der Waals surface area (Å²) < 4.78 is 27.6. The van der Waals surface area contributed by atoms with Gasteiger partial charge in [-0.25, -0.2) is 8.78 Å². The van der Waals surface area contributed by atoms with Crippen molar-refractivity contribution in [2.75, 3.05) is 5.32 Å². The summed E-state index contributed by atoms with van der Waals surface area (Å²) in [5.41, 5.74) is 0.757. The number of hydrogen-bond donors (Lipinski definition) is 1. The van der Waals surface area contributed by atoms with Crippen LogP contribution in [0.3, 0.4) is 0 Å². The van der Waals surface area contributed by atoms with E-state index >= 15 is 0 Å². The number of aromatic nitrogens is 1. The molecule has 3 rings (SSSR count). The maximum absolute atomic E-state index is 13.7. The fourth-order valence-electron chi connectivity index (χ4n) is 2.44. The van der Waals surface area contributed by atoms with Crippen LogP contribution in [-0.4, -0.2) is 10.6 Å². The van der Waals surface area contributed by atoms with E-state index in [-0.39, 0.29) is 17.9 Å². The Morgan fingerprint density at radius 3 is 2.63 bits per heavy atom. The predicted molar refractivity (Wildman–Crippen MR) is 96.5 cm³/mol. The minimum atomic E-state index is -0.935. The van der Waals surface area contributed by atoms with E-state index in [1.54, 1.807) is 0 Å². The molecule has 1 amide bonds. The fourth-order valence-corrected chi connectivity index (χ4v) is 2.44. The first kappa shape index (κ1) is 18.3. The van der Waals surface area contributed by atoms with Gasteiger partial charge in [0.1, 0.15) is 23.8 Å². The minimum absolute atomic E-state index is 0.143. The highest BCUT2D eigenvalue weighted by molar-refractivity contribution is 6.04. The zero-order chi connectivity index (χ0) is 19.4. The number of hydrogen-bond acceptors (Lipinski definition) is 3. The van der Waals surface area contributed by atoms with E-state index in [4.69, 9.17) is 4.84 Å². The molecule has 0 aliphatic heterocycles. The number of carbonyl (C=O) groups is 1. The third-order valence-corrected chi connectivity index (χ3v) is 3.96. The molecule has 7 heteroatoms. The van der Waals surface area contributed by atoms with Crippen molar-refractivity contribution in [1.82, 2.24) is 4.73 Å². The van der Waals surface area contributed by atoms with Gasteiger partial charge in [0.15, 0.2) is 0 Å². The van der Waals surface area contributed by atoms with Gasteiger partial charge in [0.05, 0.1) is 5.69 Å². The lowest BCUT2D eigenvalue weighted by Crippen LogP contribution is -2.32. The molecule has 0 spiro atoms. The molecule has 0 aliphatic carbocycles. The monoisotopic (exact) mass is 370 g/mol. The van der Waals surface area contributed by atoms with Gasteiger partial charge in [-0.3, -0.25) is 9.59 Å². The van der Waals surface area contributed by atoms with Crippen LogP contribution < -0.4 is 15.7 Å². The van der Waals surface area contributed by atoms with Gasteiger partial charge >= 0.3 is 0 Å². The summed E-state index contributed by atoms with van der Waals surface area (Å²) in [7, 11) is 0. The molecule has 138 valence electrons. The Kier molecular flexibility index (Phi) is 5.30. The molecule has 5 nitrogen and oxygen atoms in total. The van der Waals surface area contributed by atoms with Crippen LogP contribution in [-0.2, 0) is 6.61 Å². The highest BCUT2D eigenvalue weighted by atomic mass is 19.1. The molecule has 0 atom stereocenters. The molecule has 2 aromatic carbocycles. The van der Waals surface area contributed by atoms with Crippen molar-refractivity contribution in [3.8, 4) is 0 Å². The Labute approximate surface area is 153 Å².